The van der Waals surface area contributed by atoms with Crippen LogP contribution in [-0.2, 0) is 0 Å². The number of hydroxylamine groups is 2. The quantitative estimate of drug-likeness (QED) is 0.845. The monoisotopic (exact) mass is 328 g/mol. The van der Waals surface area contributed by atoms with Crippen LogP contribution in [0.2, 0.25) is 0 Å². The Morgan fingerprint density at radius 1 is 0.739 bits per heavy atom. The third-order valence-electron chi connectivity index (χ3n) is 4.96. The SMILES string of the molecule is CC1(C)C[P+](c2ccccc2)(c2ccccc2)CC(C)(C)N1O. The Balaban J connectivity index is 2.22. The highest BCUT2D eigenvalue weighted by Crippen LogP contribution is 2.64. The second-order valence-electron chi connectivity index (χ2n) is 7.89. The van der Waals surface area contributed by atoms with Gasteiger partial charge in [-0.3, -0.25) is 0 Å². The molecule has 1 aliphatic rings. The smallest absolute Gasteiger partial charge is 0.0993 e. The van der Waals surface area contributed by atoms with Crippen LogP contribution in [0, 0.1) is 0 Å². The van der Waals surface area contributed by atoms with Gasteiger partial charge in [0.25, 0.3) is 0 Å². The molecular weight excluding hydrogens is 301 g/mol. The van der Waals surface area contributed by atoms with Gasteiger partial charge in [0.05, 0.1) is 41.3 Å². The van der Waals surface area contributed by atoms with Crippen LogP contribution in [0.15, 0.2) is 60.7 Å². The van der Waals surface area contributed by atoms with Crippen LogP contribution in [0.1, 0.15) is 27.7 Å². The summed E-state index contributed by atoms with van der Waals surface area (Å²) in [4.78, 5) is 0. The molecule has 1 aliphatic heterocycles. The van der Waals surface area contributed by atoms with Crippen LogP contribution < -0.4 is 10.6 Å². The highest BCUT2D eigenvalue weighted by molar-refractivity contribution is 7.89. The van der Waals surface area contributed by atoms with Gasteiger partial charge in [0.1, 0.15) is 0 Å². The summed E-state index contributed by atoms with van der Waals surface area (Å²) < 4.78 is 0. The summed E-state index contributed by atoms with van der Waals surface area (Å²) in [5.74, 6) is 0. The first kappa shape index (κ1) is 16.6. The van der Waals surface area contributed by atoms with Crippen molar-refractivity contribution < 1.29 is 5.21 Å². The first-order valence-electron chi connectivity index (χ1n) is 8.26. The first-order chi connectivity index (χ1) is 10.8. The van der Waals surface area contributed by atoms with Gasteiger partial charge < -0.3 is 5.21 Å². The zero-order chi connectivity index (χ0) is 16.7. The standard InChI is InChI=1S/C20H27NOP/c1-19(2)15-23(16-20(3,4)21(19)22,17-11-7-5-8-12-17)18-13-9-6-10-14-18/h5-14,22H,15-16H2,1-4H3/q+1. The molecule has 1 saturated heterocycles. The van der Waals surface area contributed by atoms with Gasteiger partial charge in [-0.2, -0.15) is 5.06 Å². The molecule has 1 heterocycles. The van der Waals surface area contributed by atoms with Crippen LogP contribution >= 0.6 is 7.26 Å². The molecule has 0 spiro atoms. The van der Waals surface area contributed by atoms with Gasteiger partial charge in [-0.15, -0.1) is 0 Å². The Morgan fingerprint density at radius 3 is 1.43 bits per heavy atom. The predicted molar refractivity (Wildman–Crippen MR) is 101 cm³/mol. The van der Waals surface area contributed by atoms with Crippen molar-refractivity contribution in [3.8, 4) is 0 Å². The maximum Gasteiger partial charge on any atom is 0.0993 e. The molecule has 0 saturated carbocycles. The minimum Gasteiger partial charge on any atom is -0.313 e. The summed E-state index contributed by atoms with van der Waals surface area (Å²) in [6.07, 6.45) is 1.99. The van der Waals surface area contributed by atoms with Gasteiger partial charge in [-0.25, -0.2) is 0 Å². The molecule has 0 aromatic heterocycles. The van der Waals surface area contributed by atoms with Gasteiger partial charge in [0.15, 0.2) is 0 Å². The highest BCUT2D eigenvalue weighted by Gasteiger charge is 2.59. The molecule has 1 N–H and O–H groups in total. The van der Waals surface area contributed by atoms with E-state index >= 15 is 0 Å². The average Bonchev–Trinajstić information content (AvgIpc) is 2.53. The Kier molecular flexibility index (Phi) is 4.13. The lowest BCUT2D eigenvalue weighted by molar-refractivity contribution is -0.213. The maximum atomic E-state index is 10.7. The van der Waals surface area contributed by atoms with E-state index in [9.17, 15) is 5.21 Å². The molecule has 1 fully saturated rings. The van der Waals surface area contributed by atoms with E-state index in [4.69, 9.17) is 0 Å². The van der Waals surface area contributed by atoms with Crippen molar-refractivity contribution in [1.29, 1.82) is 0 Å². The fraction of sp³-hybridized carbons (Fsp3) is 0.400. The summed E-state index contributed by atoms with van der Waals surface area (Å²) in [6, 6.07) is 21.9. The molecule has 23 heavy (non-hydrogen) atoms. The number of nitrogens with zero attached hydrogens (tertiary/aromatic N) is 1. The molecule has 122 valence electrons. The Bertz CT molecular complexity index is 607. The second-order valence-corrected chi connectivity index (χ2v) is 11.5. The lowest BCUT2D eigenvalue weighted by atomic mass is 9.99. The van der Waals surface area contributed by atoms with Crippen LogP contribution in [0.25, 0.3) is 0 Å². The van der Waals surface area contributed by atoms with Crippen LogP contribution in [0.5, 0.6) is 0 Å². The van der Waals surface area contributed by atoms with Crippen molar-refractivity contribution in [3.63, 3.8) is 0 Å². The van der Waals surface area contributed by atoms with E-state index in [1.165, 1.54) is 10.6 Å². The van der Waals surface area contributed by atoms with Gasteiger partial charge in [-0.05, 0) is 52.0 Å². The van der Waals surface area contributed by atoms with Crippen molar-refractivity contribution in [3.05, 3.63) is 60.7 Å². The van der Waals surface area contributed by atoms with E-state index in [-0.39, 0.29) is 11.1 Å². The lowest BCUT2D eigenvalue weighted by Crippen LogP contribution is -2.63. The zero-order valence-electron chi connectivity index (χ0n) is 14.5. The molecule has 0 radical (unpaired) electrons. The molecule has 3 rings (SSSR count). The predicted octanol–water partition coefficient (Wildman–Crippen LogP) is 3.92. The van der Waals surface area contributed by atoms with E-state index in [0.29, 0.717) is 0 Å². The number of rotatable bonds is 2. The lowest BCUT2D eigenvalue weighted by Gasteiger charge is -2.52. The van der Waals surface area contributed by atoms with E-state index < -0.39 is 7.26 Å². The van der Waals surface area contributed by atoms with Crippen LogP contribution in [0.3, 0.4) is 0 Å². The average molecular weight is 328 g/mol. The molecular formula is C20H27NOP+. The molecule has 0 amide bonds. The molecule has 0 aliphatic carbocycles. The molecule has 2 aromatic carbocycles. The third kappa shape index (κ3) is 2.85. The minimum absolute atomic E-state index is 0.249. The Hall–Kier alpha value is -1.21. The van der Waals surface area contributed by atoms with Crippen molar-refractivity contribution in [2.45, 2.75) is 38.8 Å². The summed E-state index contributed by atoms with van der Waals surface area (Å²) in [6.45, 7) is 8.64. The van der Waals surface area contributed by atoms with Gasteiger partial charge in [0, 0.05) is 0 Å². The van der Waals surface area contributed by atoms with Crippen LogP contribution in [-0.4, -0.2) is 33.7 Å². The van der Waals surface area contributed by atoms with Gasteiger partial charge >= 0.3 is 0 Å². The Morgan fingerprint density at radius 2 is 1.09 bits per heavy atom. The minimum atomic E-state index is -1.58. The van der Waals surface area contributed by atoms with E-state index in [1.54, 1.807) is 5.06 Å². The molecule has 2 aromatic rings. The first-order valence-corrected chi connectivity index (χ1v) is 10.4. The number of hydrogen-bond acceptors (Lipinski definition) is 2. The van der Waals surface area contributed by atoms with Gasteiger partial charge in [0.2, 0.25) is 0 Å². The summed E-state index contributed by atoms with van der Waals surface area (Å²) in [5.41, 5.74) is -0.498. The zero-order valence-corrected chi connectivity index (χ0v) is 15.4. The van der Waals surface area contributed by atoms with E-state index in [2.05, 4.69) is 88.4 Å². The Labute approximate surface area is 140 Å². The molecule has 0 bridgehead atoms. The van der Waals surface area contributed by atoms with E-state index in [0.717, 1.165) is 12.3 Å². The topological polar surface area (TPSA) is 23.5 Å². The summed E-state index contributed by atoms with van der Waals surface area (Å²) in [5, 5.41) is 15.2. The fourth-order valence-corrected chi connectivity index (χ4v) is 9.81. The van der Waals surface area contributed by atoms with E-state index in [1.807, 2.05) is 0 Å². The number of benzene rings is 2. The normalized spacial score (nSPS) is 22.7. The molecule has 0 atom stereocenters. The maximum absolute atomic E-state index is 10.7. The van der Waals surface area contributed by atoms with Crippen molar-refractivity contribution in [1.82, 2.24) is 5.06 Å². The number of hydrogen-bond donors (Lipinski definition) is 1. The molecule has 2 nitrogen and oxygen atoms in total. The van der Waals surface area contributed by atoms with Crippen molar-refractivity contribution in [2.75, 3.05) is 12.3 Å². The summed E-state index contributed by atoms with van der Waals surface area (Å²) >= 11 is 0. The highest BCUT2D eigenvalue weighted by atomic mass is 31.2. The molecule has 0 unspecified atom stereocenters. The van der Waals surface area contributed by atoms with Crippen LogP contribution in [0.4, 0.5) is 0 Å². The summed E-state index contributed by atoms with van der Waals surface area (Å²) in [7, 11) is -1.58. The van der Waals surface area contributed by atoms with Gasteiger partial charge in [-0.1, -0.05) is 36.4 Å². The van der Waals surface area contributed by atoms with Crippen molar-refractivity contribution in [2.24, 2.45) is 0 Å². The largest absolute Gasteiger partial charge is 0.313 e. The molecule has 3 heteroatoms. The fourth-order valence-electron chi connectivity index (χ4n) is 4.27. The second kappa shape index (κ2) is 5.70. The third-order valence-corrected chi connectivity index (χ3v) is 10.2. The van der Waals surface area contributed by atoms with Crippen molar-refractivity contribution >= 4 is 17.9 Å².